The summed E-state index contributed by atoms with van der Waals surface area (Å²) in [5.74, 6) is 0.0975. The van der Waals surface area contributed by atoms with E-state index in [4.69, 9.17) is 4.74 Å². The molecule has 0 saturated heterocycles. The van der Waals surface area contributed by atoms with Gasteiger partial charge in [0.05, 0.1) is 0 Å². The number of rotatable bonds is 3. The van der Waals surface area contributed by atoms with Crippen molar-refractivity contribution in [2.24, 2.45) is 0 Å². The zero-order chi connectivity index (χ0) is 15.5. The lowest BCUT2D eigenvalue weighted by molar-refractivity contribution is -0.124. The smallest absolute Gasteiger partial charge is 0.267 e. The summed E-state index contributed by atoms with van der Waals surface area (Å²) in [6.45, 7) is 2.43. The van der Waals surface area contributed by atoms with Crippen LogP contribution in [0, 0.1) is 5.82 Å². The van der Waals surface area contributed by atoms with Crippen molar-refractivity contribution in [2.75, 3.05) is 11.4 Å². The van der Waals surface area contributed by atoms with Gasteiger partial charge in [-0.15, -0.1) is 0 Å². The lowest BCUT2D eigenvalue weighted by Crippen LogP contribution is -2.43. The number of halogens is 1. The van der Waals surface area contributed by atoms with E-state index in [2.05, 4.69) is 6.07 Å². The van der Waals surface area contributed by atoms with E-state index < -0.39 is 6.10 Å². The lowest BCUT2D eigenvalue weighted by atomic mass is 10.0. The second-order valence-corrected chi connectivity index (χ2v) is 5.44. The van der Waals surface area contributed by atoms with Gasteiger partial charge in [0.1, 0.15) is 11.6 Å². The topological polar surface area (TPSA) is 29.5 Å². The predicted octanol–water partition coefficient (Wildman–Crippen LogP) is 3.57. The fraction of sp³-hybridized carbons (Fsp3) is 0.278. The number of benzene rings is 2. The minimum absolute atomic E-state index is 0.0727. The minimum Gasteiger partial charge on any atom is -0.481 e. The summed E-state index contributed by atoms with van der Waals surface area (Å²) in [6, 6.07) is 13.7. The van der Waals surface area contributed by atoms with Gasteiger partial charge in [-0.1, -0.05) is 18.2 Å². The molecule has 0 aromatic heterocycles. The first-order valence-corrected chi connectivity index (χ1v) is 7.46. The number of aryl methyl sites for hydroxylation is 1. The van der Waals surface area contributed by atoms with E-state index >= 15 is 0 Å². The zero-order valence-electron chi connectivity index (χ0n) is 12.5. The average Bonchev–Trinajstić information content (AvgIpc) is 2.55. The molecule has 1 amide bonds. The quantitative estimate of drug-likeness (QED) is 0.867. The molecular formula is C18H18FNO2. The molecule has 1 unspecified atom stereocenters. The molecular weight excluding hydrogens is 281 g/mol. The van der Waals surface area contributed by atoms with Crippen molar-refractivity contribution in [3.8, 4) is 5.75 Å². The standard InChI is InChI=1S/C18H18FNO2/c1-13(22-16-10-8-15(19)9-11-16)18(21)20-12-4-6-14-5-2-3-7-17(14)20/h2-3,5,7-11,13H,4,6,12H2,1H3. The first kappa shape index (κ1) is 14.6. The molecule has 0 bridgehead atoms. The summed E-state index contributed by atoms with van der Waals surface area (Å²) in [5, 5.41) is 0. The number of nitrogens with zero attached hydrogens (tertiary/aromatic N) is 1. The van der Waals surface area contributed by atoms with Gasteiger partial charge >= 0.3 is 0 Å². The van der Waals surface area contributed by atoms with Crippen molar-refractivity contribution >= 4 is 11.6 Å². The van der Waals surface area contributed by atoms with Crippen LogP contribution in [0.2, 0.25) is 0 Å². The molecule has 22 heavy (non-hydrogen) atoms. The molecule has 0 N–H and O–H groups in total. The van der Waals surface area contributed by atoms with Crippen LogP contribution in [0.25, 0.3) is 0 Å². The van der Waals surface area contributed by atoms with E-state index in [1.807, 2.05) is 18.2 Å². The highest BCUT2D eigenvalue weighted by molar-refractivity contribution is 5.97. The van der Waals surface area contributed by atoms with Crippen LogP contribution in [-0.2, 0) is 11.2 Å². The van der Waals surface area contributed by atoms with E-state index in [9.17, 15) is 9.18 Å². The first-order valence-electron chi connectivity index (χ1n) is 7.46. The average molecular weight is 299 g/mol. The first-order chi connectivity index (χ1) is 10.6. The SMILES string of the molecule is CC(Oc1ccc(F)cc1)C(=O)N1CCCc2ccccc21. The van der Waals surface area contributed by atoms with E-state index in [0.29, 0.717) is 12.3 Å². The Bertz CT molecular complexity index is 669. The highest BCUT2D eigenvalue weighted by atomic mass is 19.1. The van der Waals surface area contributed by atoms with Crippen LogP contribution in [0.4, 0.5) is 10.1 Å². The Labute approximate surface area is 129 Å². The van der Waals surface area contributed by atoms with Crippen molar-refractivity contribution in [1.29, 1.82) is 0 Å². The van der Waals surface area contributed by atoms with Crippen molar-refractivity contribution in [1.82, 2.24) is 0 Å². The zero-order valence-corrected chi connectivity index (χ0v) is 12.5. The largest absolute Gasteiger partial charge is 0.481 e. The van der Waals surface area contributed by atoms with Gasteiger partial charge in [0.25, 0.3) is 5.91 Å². The highest BCUT2D eigenvalue weighted by Gasteiger charge is 2.27. The molecule has 3 nitrogen and oxygen atoms in total. The molecule has 1 aliphatic rings. The van der Waals surface area contributed by atoms with Crippen molar-refractivity contribution < 1.29 is 13.9 Å². The molecule has 2 aromatic carbocycles. The van der Waals surface area contributed by atoms with E-state index in [0.717, 1.165) is 18.5 Å². The Kier molecular flexibility index (Phi) is 4.09. The number of amides is 1. The number of hydrogen-bond donors (Lipinski definition) is 0. The fourth-order valence-electron chi connectivity index (χ4n) is 2.75. The Balaban J connectivity index is 1.75. The molecule has 114 valence electrons. The maximum atomic E-state index is 12.9. The predicted molar refractivity (Wildman–Crippen MR) is 83.6 cm³/mol. The Hall–Kier alpha value is -2.36. The number of carbonyl (C=O) groups excluding carboxylic acids is 1. The van der Waals surface area contributed by atoms with E-state index in [-0.39, 0.29) is 11.7 Å². The highest BCUT2D eigenvalue weighted by Crippen LogP contribution is 2.27. The van der Waals surface area contributed by atoms with Gasteiger partial charge < -0.3 is 9.64 Å². The molecule has 1 heterocycles. The second kappa shape index (κ2) is 6.18. The summed E-state index contributed by atoms with van der Waals surface area (Å²) in [6.07, 6.45) is 1.33. The van der Waals surface area contributed by atoms with Gasteiger partial charge in [-0.05, 0) is 55.7 Å². The molecule has 2 aromatic rings. The summed E-state index contributed by atoms with van der Waals surface area (Å²) in [4.78, 5) is 14.4. The Morgan fingerprint density at radius 3 is 2.68 bits per heavy atom. The molecule has 0 saturated carbocycles. The Morgan fingerprint density at radius 1 is 1.18 bits per heavy atom. The summed E-state index contributed by atoms with van der Waals surface area (Å²) in [7, 11) is 0. The number of para-hydroxylation sites is 1. The summed E-state index contributed by atoms with van der Waals surface area (Å²) >= 11 is 0. The molecule has 0 radical (unpaired) electrons. The lowest BCUT2D eigenvalue weighted by Gasteiger charge is -2.31. The third-order valence-electron chi connectivity index (χ3n) is 3.85. The number of hydrogen-bond acceptors (Lipinski definition) is 2. The summed E-state index contributed by atoms with van der Waals surface area (Å²) < 4.78 is 18.5. The normalized spacial score (nSPS) is 15.1. The van der Waals surface area contributed by atoms with Crippen molar-refractivity contribution in [3.05, 3.63) is 59.9 Å². The van der Waals surface area contributed by atoms with Gasteiger partial charge in [-0.2, -0.15) is 0 Å². The van der Waals surface area contributed by atoms with E-state index in [1.54, 1.807) is 11.8 Å². The van der Waals surface area contributed by atoms with Gasteiger partial charge in [0, 0.05) is 12.2 Å². The maximum absolute atomic E-state index is 12.9. The molecule has 4 heteroatoms. The Morgan fingerprint density at radius 2 is 1.91 bits per heavy atom. The number of carbonyl (C=O) groups is 1. The molecule has 1 atom stereocenters. The monoisotopic (exact) mass is 299 g/mol. The van der Waals surface area contributed by atoms with Crippen LogP contribution in [0.3, 0.4) is 0 Å². The van der Waals surface area contributed by atoms with Gasteiger partial charge in [-0.25, -0.2) is 4.39 Å². The number of ether oxygens (including phenoxy) is 1. The summed E-state index contributed by atoms with van der Waals surface area (Å²) in [5.41, 5.74) is 2.16. The minimum atomic E-state index is -0.614. The van der Waals surface area contributed by atoms with Crippen molar-refractivity contribution in [2.45, 2.75) is 25.9 Å². The fourth-order valence-corrected chi connectivity index (χ4v) is 2.75. The van der Waals surface area contributed by atoms with Crippen LogP contribution < -0.4 is 9.64 Å². The van der Waals surface area contributed by atoms with Gasteiger partial charge in [0.2, 0.25) is 0 Å². The molecule has 0 fully saturated rings. The second-order valence-electron chi connectivity index (χ2n) is 5.44. The van der Waals surface area contributed by atoms with Crippen LogP contribution in [0.15, 0.2) is 48.5 Å². The molecule has 1 aliphatic heterocycles. The molecule has 0 spiro atoms. The number of anilines is 1. The van der Waals surface area contributed by atoms with Crippen LogP contribution in [0.5, 0.6) is 5.75 Å². The number of fused-ring (bicyclic) bond motifs is 1. The van der Waals surface area contributed by atoms with E-state index in [1.165, 1.54) is 29.8 Å². The van der Waals surface area contributed by atoms with Crippen LogP contribution in [0.1, 0.15) is 18.9 Å². The van der Waals surface area contributed by atoms with Crippen LogP contribution in [-0.4, -0.2) is 18.6 Å². The maximum Gasteiger partial charge on any atom is 0.267 e. The third-order valence-corrected chi connectivity index (χ3v) is 3.85. The molecule has 3 rings (SSSR count). The third kappa shape index (κ3) is 2.96. The van der Waals surface area contributed by atoms with Crippen molar-refractivity contribution in [3.63, 3.8) is 0 Å². The molecule has 0 aliphatic carbocycles. The van der Waals surface area contributed by atoms with Gasteiger partial charge in [0.15, 0.2) is 6.10 Å². The van der Waals surface area contributed by atoms with Crippen LogP contribution >= 0.6 is 0 Å². The van der Waals surface area contributed by atoms with Gasteiger partial charge in [-0.3, -0.25) is 4.79 Å².